The molecule has 0 amide bonds. The summed E-state index contributed by atoms with van der Waals surface area (Å²) in [4.78, 5) is 0. The van der Waals surface area contributed by atoms with E-state index in [4.69, 9.17) is 5.84 Å². The first-order valence-corrected chi connectivity index (χ1v) is 7.32. The molecule has 1 saturated heterocycles. The minimum Gasteiger partial charge on any atom is -0.268 e. The Labute approximate surface area is 125 Å². The molecule has 2 aromatic rings. The highest BCUT2D eigenvalue weighted by molar-refractivity contribution is 5.25. The van der Waals surface area contributed by atoms with Crippen LogP contribution in [0.4, 0.5) is 0 Å². The van der Waals surface area contributed by atoms with E-state index in [1.165, 1.54) is 11.1 Å². The van der Waals surface area contributed by atoms with E-state index in [1.807, 2.05) is 41.4 Å². The zero-order valence-electron chi connectivity index (χ0n) is 11.9. The van der Waals surface area contributed by atoms with Crippen molar-refractivity contribution >= 4 is 0 Å². The molecular weight excluding hydrogens is 258 g/mol. The van der Waals surface area contributed by atoms with Crippen LogP contribution in [0.2, 0.25) is 0 Å². The van der Waals surface area contributed by atoms with Crippen LogP contribution < -0.4 is 5.84 Å². The molecule has 1 fully saturated rings. The predicted molar refractivity (Wildman–Crippen MR) is 82.7 cm³/mol. The lowest BCUT2D eigenvalue weighted by molar-refractivity contribution is 0.0641. The van der Waals surface area contributed by atoms with Crippen LogP contribution in [0.15, 0.2) is 60.7 Å². The molecule has 2 unspecified atom stereocenters. The van der Waals surface area contributed by atoms with E-state index in [1.54, 1.807) is 0 Å². The number of nitriles is 1. The summed E-state index contributed by atoms with van der Waals surface area (Å²) >= 11 is 0. The number of nitrogens with zero attached hydrogens (tertiary/aromatic N) is 2. The van der Waals surface area contributed by atoms with Crippen molar-refractivity contribution in [1.82, 2.24) is 5.01 Å². The Hall–Kier alpha value is -2.15. The van der Waals surface area contributed by atoms with Crippen molar-refractivity contribution < 1.29 is 0 Å². The monoisotopic (exact) mass is 277 g/mol. The number of hydrogen-bond acceptors (Lipinski definition) is 3. The van der Waals surface area contributed by atoms with Crippen LogP contribution in [-0.4, -0.2) is 5.01 Å². The molecule has 0 radical (unpaired) electrons. The van der Waals surface area contributed by atoms with Gasteiger partial charge in [-0.3, -0.25) is 5.84 Å². The topological polar surface area (TPSA) is 53.0 Å². The highest BCUT2D eigenvalue weighted by Gasteiger charge is 2.35. The summed E-state index contributed by atoms with van der Waals surface area (Å²) in [6, 6.07) is 23.1. The summed E-state index contributed by atoms with van der Waals surface area (Å²) in [6.07, 6.45) is 1.58. The normalized spacial score (nSPS) is 26.2. The van der Waals surface area contributed by atoms with Gasteiger partial charge in [0.15, 0.2) is 0 Å². The first-order valence-electron chi connectivity index (χ1n) is 7.32. The summed E-state index contributed by atoms with van der Waals surface area (Å²) in [5.74, 6) is 6.47. The number of piperidine rings is 1. The highest BCUT2D eigenvalue weighted by Crippen LogP contribution is 2.41. The molecule has 0 aromatic heterocycles. The Bertz CT molecular complexity index is 568. The highest BCUT2D eigenvalue weighted by atomic mass is 15.4. The summed E-state index contributed by atoms with van der Waals surface area (Å²) in [7, 11) is 0. The van der Waals surface area contributed by atoms with Crippen LogP contribution in [0.1, 0.15) is 36.1 Å². The van der Waals surface area contributed by atoms with E-state index < -0.39 is 0 Å². The second-order valence-corrected chi connectivity index (χ2v) is 5.60. The molecule has 3 rings (SSSR count). The summed E-state index contributed by atoms with van der Waals surface area (Å²) in [5, 5.41) is 11.3. The smallest absolute Gasteiger partial charge is 0.0657 e. The fraction of sp³-hybridized carbons (Fsp3) is 0.278. The molecule has 0 spiro atoms. The van der Waals surface area contributed by atoms with Gasteiger partial charge in [-0.2, -0.15) is 5.26 Å². The Morgan fingerprint density at radius 3 is 1.67 bits per heavy atom. The lowest BCUT2D eigenvalue weighted by Gasteiger charge is -2.41. The van der Waals surface area contributed by atoms with Crippen molar-refractivity contribution in [1.29, 1.82) is 5.26 Å². The Morgan fingerprint density at radius 2 is 1.29 bits per heavy atom. The van der Waals surface area contributed by atoms with Gasteiger partial charge in [0, 0.05) is 0 Å². The van der Waals surface area contributed by atoms with Gasteiger partial charge >= 0.3 is 0 Å². The molecule has 0 aliphatic carbocycles. The van der Waals surface area contributed by atoms with E-state index in [-0.39, 0.29) is 18.0 Å². The van der Waals surface area contributed by atoms with Crippen molar-refractivity contribution in [2.75, 3.05) is 0 Å². The van der Waals surface area contributed by atoms with Gasteiger partial charge in [-0.05, 0) is 24.0 Å². The van der Waals surface area contributed by atoms with Crippen molar-refractivity contribution in [3.05, 3.63) is 71.8 Å². The fourth-order valence-electron chi connectivity index (χ4n) is 3.17. The molecule has 21 heavy (non-hydrogen) atoms. The first kappa shape index (κ1) is 13.8. The van der Waals surface area contributed by atoms with E-state index in [0.29, 0.717) is 0 Å². The third-order valence-corrected chi connectivity index (χ3v) is 4.29. The van der Waals surface area contributed by atoms with Crippen LogP contribution in [-0.2, 0) is 0 Å². The quantitative estimate of drug-likeness (QED) is 0.854. The largest absolute Gasteiger partial charge is 0.268 e. The molecule has 3 heteroatoms. The molecule has 1 heterocycles. The zero-order chi connectivity index (χ0) is 14.7. The number of benzene rings is 2. The van der Waals surface area contributed by atoms with Crippen LogP contribution in [0.3, 0.4) is 0 Å². The number of rotatable bonds is 2. The van der Waals surface area contributed by atoms with Gasteiger partial charge in [0.05, 0.1) is 24.1 Å². The molecule has 2 aromatic carbocycles. The first-order chi connectivity index (χ1) is 10.3. The minimum absolute atomic E-state index is 0.0419. The second-order valence-electron chi connectivity index (χ2n) is 5.60. The molecule has 3 nitrogen and oxygen atoms in total. The Balaban J connectivity index is 1.93. The van der Waals surface area contributed by atoms with Gasteiger partial charge in [-0.15, -0.1) is 0 Å². The third-order valence-electron chi connectivity index (χ3n) is 4.29. The van der Waals surface area contributed by atoms with Crippen LogP contribution in [0.5, 0.6) is 0 Å². The lowest BCUT2D eigenvalue weighted by Crippen LogP contribution is -2.43. The molecule has 2 atom stereocenters. The van der Waals surface area contributed by atoms with E-state index in [2.05, 4.69) is 30.3 Å². The Kier molecular flexibility index (Phi) is 4.01. The van der Waals surface area contributed by atoms with Gasteiger partial charge in [0.1, 0.15) is 0 Å². The molecule has 1 aliphatic heterocycles. The van der Waals surface area contributed by atoms with Gasteiger partial charge in [0.2, 0.25) is 0 Å². The van der Waals surface area contributed by atoms with Crippen molar-refractivity contribution in [3.63, 3.8) is 0 Å². The van der Waals surface area contributed by atoms with Gasteiger partial charge in [-0.25, -0.2) is 5.01 Å². The number of nitrogens with two attached hydrogens (primary N) is 1. The van der Waals surface area contributed by atoms with E-state index >= 15 is 0 Å². The summed E-state index contributed by atoms with van der Waals surface area (Å²) in [5.41, 5.74) is 2.36. The Morgan fingerprint density at radius 1 is 0.857 bits per heavy atom. The SMILES string of the molecule is N#CC1CC(c2ccccc2)N(N)C(c2ccccc2)C1. The molecule has 1 aliphatic rings. The van der Waals surface area contributed by atoms with Gasteiger partial charge < -0.3 is 0 Å². The predicted octanol–water partition coefficient (Wildman–Crippen LogP) is 3.58. The number of hydrazine groups is 1. The van der Waals surface area contributed by atoms with Gasteiger partial charge in [0.25, 0.3) is 0 Å². The third kappa shape index (κ3) is 2.82. The van der Waals surface area contributed by atoms with Gasteiger partial charge in [-0.1, -0.05) is 60.7 Å². The zero-order valence-corrected chi connectivity index (χ0v) is 11.9. The maximum atomic E-state index is 9.40. The molecule has 0 saturated carbocycles. The van der Waals surface area contributed by atoms with Crippen LogP contribution in [0, 0.1) is 17.2 Å². The van der Waals surface area contributed by atoms with Crippen LogP contribution >= 0.6 is 0 Å². The summed E-state index contributed by atoms with van der Waals surface area (Å²) < 4.78 is 0. The van der Waals surface area contributed by atoms with E-state index in [9.17, 15) is 5.26 Å². The maximum absolute atomic E-state index is 9.40. The molecule has 106 valence electrons. The second kappa shape index (κ2) is 6.09. The van der Waals surface area contributed by atoms with Crippen molar-refractivity contribution in [2.45, 2.75) is 24.9 Å². The fourth-order valence-corrected chi connectivity index (χ4v) is 3.17. The lowest BCUT2D eigenvalue weighted by atomic mass is 9.83. The summed E-state index contributed by atoms with van der Waals surface area (Å²) in [6.45, 7) is 0. The standard InChI is InChI=1S/C18H19N3/c19-13-14-11-17(15-7-3-1-4-8-15)21(20)18(12-14)16-9-5-2-6-10-16/h1-10,14,17-18H,11-12,20H2. The molecule has 2 N–H and O–H groups in total. The maximum Gasteiger partial charge on any atom is 0.0657 e. The van der Waals surface area contributed by atoms with Crippen LogP contribution in [0.25, 0.3) is 0 Å². The average Bonchev–Trinajstić information content (AvgIpc) is 2.57. The molecular formula is C18H19N3. The number of hydrogen-bond donors (Lipinski definition) is 1. The van der Waals surface area contributed by atoms with Crippen molar-refractivity contribution in [3.8, 4) is 6.07 Å². The van der Waals surface area contributed by atoms with Crippen molar-refractivity contribution in [2.24, 2.45) is 11.8 Å². The molecule has 0 bridgehead atoms. The minimum atomic E-state index is 0.0419. The van der Waals surface area contributed by atoms with E-state index in [0.717, 1.165) is 12.8 Å². The average molecular weight is 277 g/mol.